The number of hydrogen-bond donors (Lipinski definition) is 0. The highest BCUT2D eigenvalue weighted by atomic mass is 19.1. The first-order valence-electron chi connectivity index (χ1n) is 5.68. The van der Waals surface area contributed by atoms with Crippen LogP contribution in [-0.2, 0) is 4.79 Å². The maximum Gasteiger partial charge on any atom is 0.172 e. The summed E-state index contributed by atoms with van der Waals surface area (Å²) < 4.78 is 13.4. The molecule has 0 aromatic carbocycles. The predicted octanol–water partition coefficient (Wildman–Crippen LogP) is 3.52. The van der Waals surface area contributed by atoms with E-state index in [1.165, 1.54) is 20.3 Å². The Balaban J connectivity index is 2.46. The quantitative estimate of drug-likeness (QED) is 0.681. The molecule has 2 heteroatoms. The monoisotopic (exact) mass is 200 g/mol. The van der Waals surface area contributed by atoms with E-state index in [2.05, 4.69) is 6.92 Å². The molecule has 0 spiro atoms. The average Bonchev–Trinajstić information content (AvgIpc) is 2.15. The number of rotatable bonds is 3. The summed E-state index contributed by atoms with van der Waals surface area (Å²) in [5.41, 5.74) is -1.64. The molecular formula is C12H21FO. The number of Topliss-reactive ketones (excluding diaryl/α,β-unsaturated/α-hetero) is 1. The molecule has 1 nitrogen and oxygen atoms in total. The summed E-state index contributed by atoms with van der Waals surface area (Å²) in [7, 11) is 0. The van der Waals surface area contributed by atoms with Crippen molar-refractivity contribution in [3.63, 3.8) is 0 Å². The zero-order valence-corrected chi connectivity index (χ0v) is 9.48. The molecule has 0 atom stereocenters. The van der Waals surface area contributed by atoms with Crippen molar-refractivity contribution in [2.24, 2.45) is 11.8 Å². The molecule has 14 heavy (non-hydrogen) atoms. The van der Waals surface area contributed by atoms with E-state index in [0.717, 1.165) is 31.6 Å². The number of alkyl halides is 1. The van der Waals surface area contributed by atoms with Crippen molar-refractivity contribution in [1.82, 2.24) is 0 Å². The number of ketones is 1. The highest BCUT2D eigenvalue weighted by molar-refractivity contribution is 5.88. The van der Waals surface area contributed by atoms with Crippen LogP contribution in [0.3, 0.4) is 0 Å². The van der Waals surface area contributed by atoms with Gasteiger partial charge in [-0.05, 0) is 45.4 Å². The Morgan fingerprint density at radius 1 is 1.29 bits per heavy atom. The minimum Gasteiger partial charge on any atom is -0.296 e. The van der Waals surface area contributed by atoms with Crippen LogP contribution in [0, 0.1) is 11.8 Å². The van der Waals surface area contributed by atoms with E-state index in [4.69, 9.17) is 0 Å². The van der Waals surface area contributed by atoms with Gasteiger partial charge in [0, 0.05) is 5.92 Å². The van der Waals surface area contributed by atoms with E-state index in [0.29, 0.717) is 0 Å². The third-order valence-electron chi connectivity index (χ3n) is 3.38. The van der Waals surface area contributed by atoms with Crippen molar-refractivity contribution in [3.8, 4) is 0 Å². The summed E-state index contributed by atoms with van der Waals surface area (Å²) in [5, 5.41) is 0. The van der Waals surface area contributed by atoms with Crippen LogP contribution in [0.4, 0.5) is 4.39 Å². The second kappa shape index (κ2) is 4.41. The number of carbonyl (C=O) groups is 1. The molecule has 0 aromatic rings. The van der Waals surface area contributed by atoms with E-state index in [1.54, 1.807) is 0 Å². The van der Waals surface area contributed by atoms with Gasteiger partial charge in [0.25, 0.3) is 0 Å². The van der Waals surface area contributed by atoms with Crippen LogP contribution in [0.5, 0.6) is 0 Å². The molecular weight excluding hydrogens is 179 g/mol. The molecule has 0 saturated heterocycles. The van der Waals surface area contributed by atoms with E-state index in [-0.39, 0.29) is 11.7 Å². The summed E-state index contributed by atoms with van der Waals surface area (Å²) in [4.78, 5) is 11.6. The molecule has 0 aliphatic heterocycles. The maximum atomic E-state index is 13.4. The third-order valence-corrected chi connectivity index (χ3v) is 3.38. The van der Waals surface area contributed by atoms with E-state index in [9.17, 15) is 9.18 Å². The second-order valence-corrected chi connectivity index (χ2v) is 4.96. The zero-order chi connectivity index (χ0) is 10.8. The van der Waals surface area contributed by atoms with Gasteiger partial charge in [0.05, 0.1) is 0 Å². The van der Waals surface area contributed by atoms with Crippen molar-refractivity contribution < 1.29 is 9.18 Å². The molecule has 0 heterocycles. The lowest BCUT2D eigenvalue weighted by atomic mass is 9.76. The van der Waals surface area contributed by atoms with Crippen molar-refractivity contribution in [2.45, 2.75) is 58.5 Å². The van der Waals surface area contributed by atoms with Gasteiger partial charge in [0.1, 0.15) is 0 Å². The van der Waals surface area contributed by atoms with Crippen LogP contribution in [0.15, 0.2) is 0 Å². The van der Waals surface area contributed by atoms with Gasteiger partial charge < -0.3 is 0 Å². The molecule has 0 bridgehead atoms. The number of halogens is 1. The van der Waals surface area contributed by atoms with Crippen molar-refractivity contribution in [2.75, 3.05) is 0 Å². The van der Waals surface area contributed by atoms with Crippen molar-refractivity contribution in [1.29, 1.82) is 0 Å². The van der Waals surface area contributed by atoms with Gasteiger partial charge >= 0.3 is 0 Å². The summed E-state index contributed by atoms with van der Waals surface area (Å²) in [5.74, 6) is 0.562. The molecule has 1 fully saturated rings. The van der Waals surface area contributed by atoms with Crippen LogP contribution in [-0.4, -0.2) is 11.5 Å². The summed E-state index contributed by atoms with van der Waals surface area (Å²) in [6.07, 6.45) is 5.18. The standard InChI is InChI=1S/C12H21FO/c1-4-9-5-7-10(8-6-9)11(14)12(2,3)13/h9-10H,4-8H2,1-3H3. The predicted molar refractivity (Wildman–Crippen MR) is 55.9 cm³/mol. The van der Waals surface area contributed by atoms with Crippen LogP contribution in [0.2, 0.25) is 0 Å². The van der Waals surface area contributed by atoms with Crippen LogP contribution in [0.1, 0.15) is 52.9 Å². The lowest BCUT2D eigenvalue weighted by Crippen LogP contribution is -2.34. The van der Waals surface area contributed by atoms with Crippen LogP contribution in [0.25, 0.3) is 0 Å². The van der Waals surface area contributed by atoms with Crippen molar-refractivity contribution in [3.05, 3.63) is 0 Å². The first-order chi connectivity index (χ1) is 6.45. The Labute approximate surface area is 86.1 Å². The van der Waals surface area contributed by atoms with E-state index < -0.39 is 5.67 Å². The molecule has 0 N–H and O–H groups in total. The fourth-order valence-electron chi connectivity index (χ4n) is 2.32. The maximum absolute atomic E-state index is 13.4. The minimum absolute atomic E-state index is 0.0159. The molecule has 0 amide bonds. The van der Waals surface area contributed by atoms with Gasteiger partial charge in [0.15, 0.2) is 11.5 Å². The molecule has 1 rings (SSSR count). The molecule has 1 aliphatic carbocycles. The van der Waals surface area contributed by atoms with Gasteiger partial charge in [-0.2, -0.15) is 0 Å². The number of carbonyl (C=O) groups excluding carboxylic acids is 1. The summed E-state index contributed by atoms with van der Waals surface area (Å²) in [6.45, 7) is 4.94. The second-order valence-electron chi connectivity index (χ2n) is 4.96. The van der Waals surface area contributed by atoms with Gasteiger partial charge in [0.2, 0.25) is 0 Å². The highest BCUT2D eigenvalue weighted by Gasteiger charge is 2.35. The Morgan fingerprint density at radius 3 is 2.14 bits per heavy atom. The molecule has 1 saturated carbocycles. The highest BCUT2D eigenvalue weighted by Crippen LogP contribution is 2.33. The molecule has 82 valence electrons. The van der Waals surface area contributed by atoms with Crippen molar-refractivity contribution >= 4 is 5.78 Å². The van der Waals surface area contributed by atoms with E-state index >= 15 is 0 Å². The largest absolute Gasteiger partial charge is 0.296 e. The molecule has 0 unspecified atom stereocenters. The van der Waals surface area contributed by atoms with Crippen LogP contribution < -0.4 is 0 Å². The normalized spacial score (nSPS) is 28.9. The van der Waals surface area contributed by atoms with Crippen LogP contribution >= 0.6 is 0 Å². The summed E-state index contributed by atoms with van der Waals surface area (Å²) >= 11 is 0. The Kier molecular flexibility index (Phi) is 3.68. The molecule has 0 aromatic heterocycles. The molecule has 0 radical (unpaired) electrons. The number of hydrogen-bond acceptors (Lipinski definition) is 1. The first-order valence-corrected chi connectivity index (χ1v) is 5.68. The Hall–Kier alpha value is -0.400. The molecule has 1 aliphatic rings. The first kappa shape index (κ1) is 11.7. The van der Waals surface area contributed by atoms with Gasteiger partial charge in [-0.3, -0.25) is 4.79 Å². The SMILES string of the molecule is CCC1CCC(C(=O)C(C)(C)F)CC1. The lowest BCUT2D eigenvalue weighted by molar-refractivity contribution is -0.134. The Morgan fingerprint density at radius 2 is 1.79 bits per heavy atom. The fraction of sp³-hybridized carbons (Fsp3) is 0.917. The van der Waals surface area contributed by atoms with Gasteiger partial charge in [-0.25, -0.2) is 4.39 Å². The van der Waals surface area contributed by atoms with Gasteiger partial charge in [-0.15, -0.1) is 0 Å². The lowest BCUT2D eigenvalue weighted by Gasteiger charge is -2.29. The Bertz CT molecular complexity index is 197. The van der Waals surface area contributed by atoms with E-state index in [1.807, 2.05) is 0 Å². The minimum atomic E-state index is -1.64. The smallest absolute Gasteiger partial charge is 0.172 e. The summed E-state index contributed by atoms with van der Waals surface area (Å²) in [6, 6.07) is 0. The average molecular weight is 200 g/mol. The third kappa shape index (κ3) is 2.79. The fourth-order valence-corrected chi connectivity index (χ4v) is 2.32. The van der Waals surface area contributed by atoms with Gasteiger partial charge in [-0.1, -0.05) is 13.3 Å². The topological polar surface area (TPSA) is 17.1 Å². The zero-order valence-electron chi connectivity index (χ0n) is 9.48.